The van der Waals surface area contributed by atoms with Gasteiger partial charge in [0, 0.05) is 12.8 Å². The van der Waals surface area contributed by atoms with Crippen molar-refractivity contribution < 1.29 is 37.3 Å². The minimum Gasteiger partial charge on any atom is -0.756 e. The number of phosphoric acid groups is 1. The highest BCUT2D eigenvalue weighted by atomic mass is 31.2. The zero-order valence-electron chi connectivity index (χ0n) is 55.1. The molecule has 3 atom stereocenters. The molecule has 0 saturated heterocycles. The minimum absolute atomic E-state index is 0.0333. The minimum atomic E-state index is -4.72. The standard InChI is InChI=1S/C74H129N2O7P/c1-7-10-13-16-19-22-25-28-30-32-34-36-37-38-39-41-43-45-47-49-52-55-58-61-64-67-74(78)83-72(65-62-59-56-53-50-27-24-21-18-15-12-9-3)71(70-82-84(79,80)81-69-68-76(4,5)6)75-73(77)66-63-60-57-54-51-48-46-44-42-40-35-33-31-29-26-23-20-17-14-11-8-2/h10,13,19-20,22-23,28-31,34-36,38-40,44,46,62,65,71-72H,7-9,11-12,14-18,21,24-27,32-33,37,41-43,45,47-61,63-64,66-70H2,1-6H3,(H-,75,77,79,80)/b13-10-,22-19-,23-20-,30-28-,31-29-,36-34-,39-38-,40-35-,46-44-,65-62+. The molecule has 9 nitrogen and oxygen atoms in total. The van der Waals surface area contributed by atoms with Crippen molar-refractivity contribution in [3.8, 4) is 0 Å². The number of ether oxygens (including phenoxy) is 1. The highest BCUT2D eigenvalue weighted by Gasteiger charge is 2.27. The van der Waals surface area contributed by atoms with Crippen molar-refractivity contribution in [2.75, 3.05) is 40.9 Å². The number of hydrogen-bond donors (Lipinski definition) is 1. The summed E-state index contributed by atoms with van der Waals surface area (Å²) >= 11 is 0. The fraction of sp³-hybridized carbons (Fsp3) is 0.703. The fourth-order valence-corrected chi connectivity index (χ4v) is 10.1. The summed E-state index contributed by atoms with van der Waals surface area (Å²) in [7, 11) is 1.15. The molecular weight excluding hydrogens is 1060 g/mol. The molecule has 0 aliphatic carbocycles. The second kappa shape index (κ2) is 62.5. The Kier molecular flexibility index (Phi) is 59.8. The number of rotatable bonds is 61. The topological polar surface area (TPSA) is 114 Å². The van der Waals surface area contributed by atoms with Crippen molar-refractivity contribution in [3.05, 3.63) is 122 Å². The van der Waals surface area contributed by atoms with Gasteiger partial charge in [-0.3, -0.25) is 14.2 Å². The van der Waals surface area contributed by atoms with Gasteiger partial charge in [-0.2, -0.15) is 0 Å². The molecule has 0 aromatic rings. The summed E-state index contributed by atoms with van der Waals surface area (Å²) in [5.41, 5.74) is 0. The Morgan fingerprint density at radius 1 is 0.429 bits per heavy atom. The Morgan fingerprint density at radius 2 is 0.762 bits per heavy atom. The molecule has 0 bridgehead atoms. The van der Waals surface area contributed by atoms with Crippen molar-refractivity contribution in [1.82, 2.24) is 5.32 Å². The summed E-state index contributed by atoms with van der Waals surface area (Å²) in [6.45, 7) is 6.68. The van der Waals surface area contributed by atoms with Crippen LogP contribution >= 0.6 is 7.82 Å². The van der Waals surface area contributed by atoms with Crippen molar-refractivity contribution in [1.29, 1.82) is 0 Å². The molecule has 0 fully saturated rings. The Balaban J connectivity index is 5.18. The van der Waals surface area contributed by atoms with Crippen molar-refractivity contribution >= 4 is 19.7 Å². The average molecular weight is 1190 g/mol. The number of nitrogens with zero attached hydrogens (tertiary/aromatic N) is 1. The largest absolute Gasteiger partial charge is 0.756 e. The van der Waals surface area contributed by atoms with Gasteiger partial charge in [0.25, 0.3) is 7.82 Å². The van der Waals surface area contributed by atoms with Gasteiger partial charge < -0.3 is 28.5 Å². The predicted octanol–water partition coefficient (Wildman–Crippen LogP) is 21.2. The van der Waals surface area contributed by atoms with E-state index in [4.69, 9.17) is 13.8 Å². The van der Waals surface area contributed by atoms with Gasteiger partial charge >= 0.3 is 5.97 Å². The molecule has 84 heavy (non-hydrogen) atoms. The zero-order chi connectivity index (χ0) is 61.4. The first-order valence-electron chi connectivity index (χ1n) is 34.3. The van der Waals surface area contributed by atoms with E-state index >= 15 is 0 Å². The second-order valence-corrected chi connectivity index (χ2v) is 25.4. The Bertz CT molecular complexity index is 1850. The fourth-order valence-electron chi connectivity index (χ4n) is 9.36. The number of hydrogen-bond acceptors (Lipinski definition) is 7. The monoisotopic (exact) mass is 1190 g/mol. The summed E-state index contributed by atoms with van der Waals surface area (Å²) in [5.74, 6) is -0.572. The van der Waals surface area contributed by atoms with Crippen LogP contribution in [0.15, 0.2) is 122 Å². The average Bonchev–Trinajstić information content (AvgIpc) is 3.64. The number of amides is 1. The number of allylic oxidation sites excluding steroid dienone is 19. The highest BCUT2D eigenvalue weighted by molar-refractivity contribution is 7.45. The maximum atomic E-state index is 13.6. The molecule has 10 heteroatoms. The quantitative estimate of drug-likeness (QED) is 0.0212. The molecule has 0 aliphatic heterocycles. The summed E-state index contributed by atoms with van der Waals surface area (Å²) in [4.78, 5) is 40.2. The number of likely N-dealkylation sites (N-methyl/N-ethyl adjacent to an activating group) is 1. The maximum absolute atomic E-state index is 13.6. The van der Waals surface area contributed by atoms with E-state index in [1.54, 1.807) is 0 Å². The van der Waals surface area contributed by atoms with E-state index in [-0.39, 0.29) is 31.3 Å². The van der Waals surface area contributed by atoms with Gasteiger partial charge in [-0.05, 0) is 122 Å². The lowest BCUT2D eigenvalue weighted by atomic mass is 10.0. The van der Waals surface area contributed by atoms with Crippen LogP contribution in [-0.2, 0) is 27.9 Å². The van der Waals surface area contributed by atoms with E-state index in [2.05, 4.69) is 135 Å². The van der Waals surface area contributed by atoms with Gasteiger partial charge in [0.2, 0.25) is 5.91 Å². The molecule has 3 unspecified atom stereocenters. The molecule has 482 valence electrons. The number of quaternary nitrogens is 1. The molecule has 1 amide bonds. The zero-order valence-corrected chi connectivity index (χ0v) is 56.0. The van der Waals surface area contributed by atoms with E-state index < -0.39 is 26.6 Å². The predicted molar refractivity (Wildman–Crippen MR) is 362 cm³/mol. The van der Waals surface area contributed by atoms with Gasteiger partial charge in [-0.1, -0.05) is 271 Å². The number of carbonyl (C=O) groups is 2. The smallest absolute Gasteiger partial charge is 0.306 e. The van der Waals surface area contributed by atoms with Gasteiger partial charge in [0.1, 0.15) is 19.3 Å². The van der Waals surface area contributed by atoms with Gasteiger partial charge in [-0.25, -0.2) is 0 Å². The Hall–Kier alpha value is -3.59. The van der Waals surface area contributed by atoms with Crippen molar-refractivity contribution in [2.45, 2.75) is 296 Å². The molecule has 0 radical (unpaired) electrons. The first-order chi connectivity index (χ1) is 40.9. The molecule has 0 spiro atoms. The Morgan fingerprint density at radius 3 is 1.17 bits per heavy atom. The van der Waals surface area contributed by atoms with Crippen LogP contribution in [0.5, 0.6) is 0 Å². The number of unbranched alkanes of at least 4 members (excludes halogenated alkanes) is 27. The van der Waals surface area contributed by atoms with Crippen LogP contribution in [0.2, 0.25) is 0 Å². The molecule has 0 heterocycles. The molecule has 0 aliphatic rings. The first-order valence-corrected chi connectivity index (χ1v) is 35.8. The SMILES string of the molecule is CC/C=C\C/C=C\C/C=C\C/C=C\C/C=C\CCCCCCCCCCCC(=O)OC(/C=C/CCCCCCCCCCCC)C(COP(=O)([O-])OCC[N+](C)(C)C)NC(=O)CCCCCCC/C=C\C/C=C\C/C=C\C/C=C\CCCCC. The molecule has 0 rings (SSSR count). The van der Waals surface area contributed by atoms with Gasteiger partial charge in [0.05, 0.1) is 33.8 Å². The summed E-state index contributed by atoms with van der Waals surface area (Å²) in [6.07, 6.45) is 87.4. The van der Waals surface area contributed by atoms with E-state index in [0.717, 1.165) is 128 Å². The maximum Gasteiger partial charge on any atom is 0.306 e. The van der Waals surface area contributed by atoms with E-state index in [1.807, 2.05) is 33.3 Å². The third kappa shape index (κ3) is 62.9. The third-order valence-corrected chi connectivity index (χ3v) is 15.6. The van der Waals surface area contributed by atoms with E-state index in [9.17, 15) is 19.0 Å². The molecule has 1 N–H and O–H groups in total. The van der Waals surface area contributed by atoms with Crippen molar-refractivity contribution in [2.24, 2.45) is 0 Å². The van der Waals surface area contributed by atoms with Crippen LogP contribution < -0.4 is 10.2 Å². The van der Waals surface area contributed by atoms with E-state index in [1.165, 1.54) is 109 Å². The first kappa shape index (κ1) is 80.4. The molecular formula is C74H129N2O7P. The lowest BCUT2D eigenvalue weighted by Gasteiger charge is -2.30. The summed E-state index contributed by atoms with van der Waals surface area (Å²) in [6, 6.07) is -0.910. The van der Waals surface area contributed by atoms with E-state index in [0.29, 0.717) is 23.9 Å². The number of carbonyl (C=O) groups excluding carboxylic acids is 2. The lowest BCUT2D eigenvalue weighted by Crippen LogP contribution is -2.47. The second-order valence-electron chi connectivity index (χ2n) is 23.9. The highest BCUT2D eigenvalue weighted by Crippen LogP contribution is 2.38. The number of phosphoric ester groups is 1. The van der Waals surface area contributed by atoms with Crippen LogP contribution in [-0.4, -0.2) is 69.4 Å². The third-order valence-electron chi connectivity index (χ3n) is 14.6. The number of esters is 1. The Labute approximate surface area is 518 Å². The summed E-state index contributed by atoms with van der Waals surface area (Å²) in [5, 5.41) is 3.03. The number of nitrogens with one attached hydrogen (secondary N) is 1. The van der Waals surface area contributed by atoms with Gasteiger partial charge in [0.15, 0.2) is 0 Å². The van der Waals surface area contributed by atoms with Crippen molar-refractivity contribution in [3.63, 3.8) is 0 Å². The molecule has 0 aromatic heterocycles. The van der Waals surface area contributed by atoms with Crippen LogP contribution in [0.25, 0.3) is 0 Å². The van der Waals surface area contributed by atoms with Crippen LogP contribution in [0.4, 0.5) is 0 Å². The van der Waals surface area contributed by atoms with Crippen LogP contribution in [0.1, 0.15) is 284 Å². The molecule has 0 aromatic carbocycles. The summed E-state index contributed by atoms with van der Waals surface area (Å²) < 4.78 is 30.4. The molecule has 0 saturated carbocycles. The normalized spacial score (nSPS) is 14.3. The van der Waals surface area contributed by atoms with Crippen LogP contribution in [0, 0.1) is 0 Å². The van der Waals surface area contributed by atoms with Crippen LogP contribution in [0.3, 0.4) is 0 Å². The lowest BCUT2D eigenvalue weighted by molar-refractivity contribution is -0.870. The van der Waals surface area contributed by atoms with Gasteiger partial charge in [-0.15, -0.1) is 0 Å².